The van der Waals surface area contributed by atoms with Crippen molar-refractivity contribution in [2.45, 2.75) is 70.0 Å². The van der Waals surface area contributed by atoms with Crippen LogP contribution in [-0.2, 0) is 36.1 Å². The quantitative estimate of drug-likeness (QED) is 0.0763. The monoisotopic (exact) mass is 877 g/mol. The average molecular weight is 878 g/mol. The number of thiol groups is 1. The fraction of sp³-hybridized carbons (Fsp3) is 0.381. The molecule has 0 radical (unpaired) electrons. The molecule has 0 amide bonds. The molecule has 6 atom stereocenters. The Morgan fingerprint density at radius 2 is 1.28 bits per heavy atom. The molecule has 0 bridgehead atoms. The number of aromatic nitrogens is 4. The molecule has 318 valence electrons. The van der Waals surface area contributed by atoms with Crippen molar-refractivity contribution in [3.8, 4) is 11.5 Å². The van der Waals surface area contributed by atoms with E-state index in [9.17, 15) is 19.2 Å². The molecule has 2 saturated heterocycles. The molecule has 4 heterocycles. The second-order valence-electron chi connectivity index (χ2n) is 14.8. The topological polar surface area (TPSA) is 168 Å². The van der Waals surface area contributed by atoms with Gasteiger partial charge in [0.05, 0.1) is 39.6 Å². The van der Waals surface area contributed by atoms with Gasteiger partial charge in [0.1, 0.15) is 29.4 Å². The van der Waals surface area contributed by atoms with E-state index in [-0.39, 0.29) is 25.7 Å². The molecule has 2 aromatic heterocycles. The van der Waals surface area contributed by atoms with Crippen molar-refractivity contribution in [3.63, 3.8) is 0 Å². The van der Waals surface area contributed by atoms with Gasteiger partial charge in [-0.2, -0.15) is 0 Å². The van der Waals surface area contributed by atoms with E-state index in [0.717, 1.165) is 16.7 Å². The first-order valence-corrected chi connectivity index (χ1v) is 23.3. The van der Waals surface area contributed by atoms with Crippen LogP contribution in [0.3, 0.4) is 0 Å². The first-order valence-electron chi connectivity index (χ1n) is 19.5. The maximum Gasteiger partial charge on any atom is 0.330 e. The van der Waals surface area contributed by atoms with Crippen LogP contribution < -0.4 is 32.0 Å². The van der Waals surface area contributed by atoms with Crippen LogP contribution in [0.5, 0.6) is 11.5 Å². The Balaban J connectivity index is 1.28. The predicted molar refractivity (Wildman–Crippen MR) is 233 cm³/mol. The molecule has 0 spiro atoms. The van der Waals surface area contributed by atoms with E-state index < -0.39 is 58.4 Å². The van der Waals surface area contributed by atoms with Crippen LogP contribution in [0.1, 0.15) is 60.0 Å². The first-order chi connectivity index (χ1) is 28.8. The van der Waals surface area contributed by atoms with Crippen molar-refractivity contribution >= 4 is 29.7 Å². The molecule has 2 N–H and O–H groups in total. The molecule has 2 unspecified atom stereocenters. The molecule has 0 saturated carbocycles. The van der Waals surface area contributed by atoms with Crippen LogP contribution in [0.2, 0.25) is 0 Å². The summed E-state index contributed by atoms with van der Waals surface area (Å²) in [6.45, 7) is 5.65. The smallest absolute Gasteiger partial charge is 0.330 e. The Kier molecular flexibility index (Phi) is 13.2. The zero-order valence-electron chi connectivity index (χ0n) is 33.8. The van der Waals surface area contributed by atoms with Gasteiger partial charge >= 0.3 is 11.4 Å². The summed E-state index contributed by atoms with van der Waals surface area (Å²) in [5, 5.41) is 0. The minimum absolute atomic E-state index is 0.0916. The SMILES string of the molecule is CC[C@@H]1CN(P(=S)(S)OC[C@H]2O[C@@H](n3cc(C)c(=O)[nH]c3=O)CC2OC(c2ccccc2)(c2ccc(OC)cc2)c2ccc(OC)cc2)C[C@H](n2cc(C)c(=O)[nH]c2=O)O1. The maximum absolute atomic E-state index is 13.3. The summed E-state index contributed by atoms with van der Waals surface area (Å²) in [6, 6.07) is 25.1. The summed E-state index contributed by atoms with van der Waals surface area (Å²) in [6.07, 6.45) is 0.234. The zero-order valence-corrected chi connectivity index (χ0v) is 36.4. The van der Waals surface area contributed by atoms with Gasteiger partial charge in [-0.15, -0.1) is 0 Å². The molecular formula is C42H48N5O10PS2. The molecule has 7 rings (SSSR count). The number of aryl methyl sites for hydroxylation is 2. The second-order valence-corrected chi connectivity index (χ2v) is 20.5. The molecule has 2 aliphatic heterocycles. The molecule has 18 heteroatoms. The Bertz CT molecular complexity index is 2530. The van der Waals surface area contributed by atoms with Crippen LogP contribution in [0.25, 0.3) is 0 Å². The summed E-state index contributed by atoms with van der Waals surface area (Å²) in [4.78, 5) is 55.6. The van der Waals surface area contributed by atoms with Gasteiger partial charge in [0.2, 0.25) is 0 Å². The number of ether oxygens (including phenoxy) is 5. The van der Waals surface area contributed by atoms with Gasteiger partial charge in [-0.3, -0.25) is 28.7 Å². The van der Waals surface area contributed by atoms with E-state index in [0.29, 0.717) is 35.6 Å². The Morgan fingerprint density at radius 3 is 1.80 bits per heavy atom. The molecule has 5 aromatic rings. The van der Waals surface area contributed by atoms with E-state index in [1.54, 1.807) is 28.1 Å². The van der Waals surface area contributed by atoms with E-state index in [4.69, 9.17) is 52.3 Å². The Hall–Kier alpha value is -4.58. The van der Waals surface area contributed by atoms with Gasteiger partial charge in [-0.05, 0) is 73.0 Å². The fourth-order valence-corrected chi connectivity index (χ4v) is 10.1. The fourth-order valence-electron chi connectivity index (χ4n) is 7.64. The number of aromatic amines is 2. The van der Waals surface area contributed by atoms with Crippen molar-refractivity contribution in [1.82, 2.24) is 23.8 Å². The third-order valence-electron chi connectivity index (χ3n) is 10.9. The summed E-state index contributed by atoms with van der Waals surface area (Å²) in [5.74, 6) is 1.32. The first kappa shape index (κ1) is 43.5. The van der Waals surface area contributed by atoms with Crippen molar-refractivity contribution in [2.75, 3.05) is 33.9 Å². The van der Waals surface area contributed by atoms with Crippen LogP contribution in [0.15, 0.2) is 110 Å². The highest BCUT2D eigenvalue weighted by Crippen LogP contribution is 2.58. The highest BCUT2D eigenvalue weighted by Gasteiger charge is 2.47. The third kappa shape index (κ3) is 8.90. The minimum atomic E-state index is -3.14. The molecule has 60 heavy (non-hydrogen) atoms. The third-order valence-corrected chi connectivity index (χ3v) is 14.6. The molecule has 3 aromatic carbocycles. The lowest BCUT2D eigenvalue weighted by Crippen LogP contribution is -2.47. The van der Waals surface area contributed by atoms with Gasteiger partial charge in [0.15, 0.2) is 11.8 Å². The van der Waals surface area contributed by atoms with E-state index in [1.807, 2.05) is 90.5 Å². The van der Waals surface area contributed by atoms with Gasteiger partial charge in [-0.1, -0.05) is 73.8 Å². The second kappa shape index (κ2) is 18.2. The lowest BCUT2D eigenvalue weighted by Gasteiger charge is -2.42. The lowest BCUT2D eigenvalue weighted by atomic mass is 9.79. The van der Waals surface area contributed by atoms with Gasteiger partial charge in [-0.25, -0.2) is 14.3 Å². The van der Waals surface area contributed by atoms with Crippen molar-refractivity contribution in [1.29, 1.82) is 0 Å². The van der Waals surface area contributed by atoms with Gasteiger partial charge < -0.3 is 28.2 Å². The largest absolute Gasteiger partial charge is 0.497 e. The normalized spacial score (nSPS) is 22.0. The predicted octanol–water partition coefficient (Wildman–Crippen LogP) is 5.17. The average Bonchev–Trinajstić information content (AvgIpc) is 3.66. The summed E-state index contributed by atoms with van der Waals surface area (Å²) >= 11 is 11.1. The highest BCUT2D eigenvalue weighted by molar-refractivity contribution is 8.60. The lowest BCUT2D eigenvalue weighted by molar-refractivity contribution is -0.108. The molecular weight excluding hydrogens is 830 g/mol. The number of rotatable bonds is 14. The number of hydrogen-bond donors (Lipinski definition) is 3. The molecule has 2 aliphatic rings. The number of morpholine rings is 1. The van der Waals surface area contributed by atoms with Crippen molar-refractivity contribution < 1.29 is 28.2 Å². The number of methoxy groups -OCH3 is 2. The van der Waals surface area contributed by atoms with Crippen LogP contribution >= 0.6 is 17.9 Å². The maximum atomic E-state index is 13.3. The summed E-state index contributed by atoms with van der Waals surface area (Å²) in [7, 11) is 3.21. The van der Waals surface area contributed by atoms with Gasteiger partial charge in [0, 0.05) is 36.5 Å². The highest BCUT2D eigenvalue weighted by atomic mass is 32.9. The van der Waals surface area contributed by atoms with Crippen molar-refractivity contribution in [3.05, 3.63) is 161 Å². The van der Waals surface area contributed by atoms with Crippen LogP contribution in [0.4, 0.5) is 0 Å². The van der Waals surface area contributed by atoms with Crippen molar-refractivity contribution in [2.24, 2.45) is 0 Å². The number of benzene rings is 3. The Morgan fingerprint density at radius 1 is 0.767 bits per heavy atom. The van der Waals surface area contributed by atoms with Gasteiger partial charge in [0.25, 0.3) is 11.1 Å². The number of H-pyrrole nitrogens is 2. The summed E-state index contributed by atoms with van der Waals surface area (Å²) < 4.78 is 42.8. The molecule has 15 nitrogen and oxygen atoms in total. The molecule has 2 fully saturated rings. The van der Waals surface area contributed by atoms with Crippen LogP contribution in [0, 0.1) is 13.8 Å². The molecule has 0 aliphatic carbocycles. The van der Waals surface area contributed by atoms with E-state index in [1.165, 1.54) is 21.5 Å². The zero-order chi connectivity index (χ0) is 42.8. The number of hydrogen-bond acceptors (Lipinski definition) is 11. The van der Waals surface area contributed by atoms with E-state index in [2.05, 4.69) is 9.97 Å². The minimum Gasteiger partial charge on any atom is -0.497 e. The van der Waals surface area contributed by atoms with Crippen LogP contribution in [-0.4, -0.2) is 76.0 Å². The Labute approximate surface area is 356 Å². The summed E-state index contributed by atoms with van der Waals surface area (Å²) in [5.41, 5.74) is -3.50. The standard InChI is InChI=1S/C42H48N5O10PS2/c1-6-31-23-45(24-37(55-31)47-22-27(3)39(49)44-41(47)51)58(59,60)54-25-35-34(20-36(56-35)46-21-26(2)38(48)43-40(46)50)57-42(28-10-8-7-9-11-28,29-12-16-32(52-4)17-13-29)30-14-18-33(53-5)19-15-30/h7-19,21-22,31,34-37H,6,20,23-25H2,1-5H3,(H,59,60)(H,43,48,50)(H,44,49,51)/t31-,34?,35-,36-,37-/m1/s1. The van der Waals surface area contributed by atoms with E-state index >= 15 is 0 Å². The number of nitrogens with one attached hydrogen (secondary N) is 2. The number of nitrogens with zero attached hydrogens (tertiary/aromatic N) is 3.